The second-order valence-electron chi connectivity index (χ2n) is 7.40. The van der Waals surface area contributed by atoms with Crippen LogP contribution in [-0.4, -0.2) is 48.4 Å². The van der Waals surface area contributed by atoms with Gasteiger partial charge < -0.3 is 5.32 Å². The second kappa shape index (κ2) is 8.02. The summed E-state index contributed by atoms with van der Waals surface area (Å²) in [5.74, 6) is 0.156. The summed E-state index contributed by atoms with van der Waals surface area (Å²) in [6, 6.07) is 19.3. The summed E-state index contributed by atoms with van der Waals surface area (Å²) < 4.78 is 0. The van der Waals surface area contributed by atoms with Crippen LogP contribution in [-0.2, 0) is 17.8 Å². The Bertz CT molecular complexity index is 738. The molecule has 1 aliphatic carbocycles. The van der Waals surface area contributed by atoms with Gasteiger partial charge >= 0.3 is 0 Å². The van der Waals surface area contributed by atoms with Gasteiger partial charge in [0.2, 0.25) is 5.91 Å². The van der Waals surface area contributed by atoms with Crippen LogP contribution in [0.2, 0.25) is 0 Å². The Hall–Kier alpha value is -2.17. The molecule has 0 aromatic heterocycles. The molecule has 2 aromatic rings. The van der Waals surface area contributed by atoms with Crippen LogP contribution in [0.3, 0.4) is 0 Å². The van der Waals surface area contributed by atoms with Gasteiger partial charge in [0.25, 0.3) is 0 Å². The van der Waals surface area contributed by atoms with Crippen LogP contribution in [0.5, 0.6) is 0 Å². The molecule has 1 N–H and O–H groups in total. The predicted octanol–water partition coefficient (Wildman–Crippen LogP) is 2.61. The van der Waals surface area contributed by atoms with Gasteiger partial charge in [0.05, 0.1) is 12.6 Å². The van der Waals surface area contributed by atoms with E-state index < -0.39 is 0 Å². The molecule has 26 heavy (non-hydrogen) atoms. The Kier molecular flexibility index (Phi) is 5.32. The minimum atomic E-state index is 0.156. The van der Waals surface area contributed by atoms with Crippen molar-refractivity contribution in [3.63, 3.8) is 0 Å². The van der Waals surface area contributed by atoms with E-state index in [1.807, 2.05) is 0 Å². The summed E-state index contributed by atoms with van der Waals surface area (Å²) in [7, 11) is 0. The number of piperazine rings is 1. The Morgan fingerprint density at radius 1 is 0.923 bits per heavy atom. The smallest absolute Gasteiger partial charge is 0.234 e. The number of hydrogen-bond donors (Lipinski definition) is 1. The van der Waals surface area contributed by atoms with Crippen molar-refractivity contribution in [2.75, 3.05) is 32.7 Å². The van der Waals surface area contributed by atoms with E-state index in [2.05, 4.69) is 69.7 Å². The highest BCUT2D eigenvalue weighted by atomic mass is 16.2. The van der Waals surface area contributed by atoms with Crippen molar-refractivity contribution in [2.24, 2.45) is 0 Å². The van der Waals surface area contributed by atoms with Crippen LogP contribution in [0.4, 0.5) is 0 Å². The van der Waals surface area contributed by atoms with Gasteiger partial charge in [0.1, 0.15) is 0 Å². The highest BCUT2D eigenvalue weighted by molar-refractivity contribution is 5.78. The lowest BCUT2D eigenvalue weighted by Gasteiger charge is -2.34. The zero-order chi connectivity index (χ0) is 17.8. The van der Waals surface area contributed by atoms with Crippen LogP contribution in [0.25, 0.3) is 0 Å². The fourth-order valence-corrected chi connectivity index (χ4v) is 4.10. The number of amides is 1. The molecule has 4 nitrogen and oxygen atoms in total. The summed E-state index contributed by atoms with van der Waals surface area (Å²) in [6.45, 7) is 5.48. The van der Waals surface area contributed by atoms with E-state index >= 15 is 0 Å². The molecule has 1 aliphatic heterocycles. The third-order valence-corrected chi connectivity index (χ3v) is 5.55. The maximum Gasteiger partial charge on any atom is 0.234 e. The van der Waals surface area contributed by atoms with Crippen molar-refractivity contribution >= 4 is 5.91 Å². The predicted molar refractivity (Wildman–Crippen MR) is 104 cm³/mol. The molecule has 4 rings (SSSR count). The van der Waals surface area contributed by atoms with Crippen LogP contribution in [0.1, 0.15) is 29.2 Å². The van der Waals surface area contributed by atoms with Crippen molar-refractivity contribution in [1.82, 2.24) is 15.1 Å². The number of aryl methyl sites for hydroxylation is 1. The Labute approximate surface area is 155 Å². The normalized spacial score (nSPS) is 20.7. The quantitative estimate of drug-likeness (QED) is 0.901. The van der Waals surface area contributed by atoms with Crippen molar-refractivity contribution in [3.8, 4) is 0 Å². The lowest BCUT2D eigenvalue weighted by molar-refractivity contribution is -0.123. The van der Waals surface area contributed by atoms with Gasteiger partial charge in [-0.15, -0.1) is 0 Å². The maximum absolute atomic E-state index is 12.5. The first-order chi connectivity index (χ1) is 12.8. The van der Waals surface area contributed by atoms with E-state index in [9.17, 15) is 4.79 Å². The fraction of sp³-hybridized carbons (Fsp3) is 0.409. The molecule has 0 radical (unpaired) electrons. The number of nitrogens with zero attached hydrogens (tertiary/aromatic N) is 2. The first kappa shape index (κ1) is 17.3. The minimum absolute atomic E-state index is 0.156. The molecule has 4 heteroatoms. The second-order valence-corrected chi connectivity index (χ2v) is 7.40. The third kappa shape index (κ3) is 4.14. The standard InChI is InChI=1S/C22H27N3O/c26-22(23-21-11-10-19-8-4-5-9-20(19)21)17-25-14-12-24(13-15-25)16-18-6-2-1-3-7-18/h1-9,21H,10-17H2,(H,23,26). The maximum atomic E-state index is 12.5. The molecule has 1 heterocycles. The molecule has 136 valence electrons. The molecule has 0 spiro atoms. The van der Waals surface area contributed by atoms with Crippen molar-refractivity contribution in [2.45, 2.75) is 25.4 Å². The fourth-order valence-electron chi connectivity index (χ4n) is 4.10. The van der Waals surface area contributed by atoms with E-state index in [1.54, 1.807) is 0 Å². The highest BCUT2D eigenvalue weighted by Crippen LogP contribution is 2.30. The number of rotatable bonds is 5. The van der Waals surface area contributed by atoms with Crippen LogP contribution in [0.15, 0.2) is 54.6 Å². The number of fused-ring (bicyclic) bond motifs is 1. The van der Waals surface area contributed by atoms with Crippen molar-refractivity contribution in [1.29, 1.82) is 0 Å². The monoisotopic (exact) mass is 349 g/mol. The molecule has 1 saturated heterocycles. The van der Waals surface area contributed by atoms with Crippen LogP contribution >= 0.6 is 0 Å². The number of benzene rings is 2. The topological polar surface area (TPSA) is 35.6 Å². The van der Waals surface area contributed by atoms with Crippen molar-refractivity contribution < 1.29 is 4.79 Å². The Morgan fingerprint density at radius 3 is 2.42 bits per heavy atom. The van der Waals surface area contributed by atoms with Crippen LogP contribution in [0, 0.1) is 0 Å². The summed E-state index contributed by atoms with van der Waals surface area (Å²) in [4.78, 5) is 17.2. The van der Waals surface area contributed by atoms with Crippen molar-refractivity contribution in [3.05, 3.63) is 71.3 Å². The van der Waals surface area contributed by atoms with Gasteiger partial charge in [0.15, 0.2) is 0 Å². The number of carbonyl (C=O) groups is 1. The van der Waals surface area contributed by atoms with Gasteiger partial charge in [-0.1, -0.05) is 54.6 Å². The van der Waals surface area contributed by atoms with E-state index in [0.717, 1.165) is 45.6 Å². The lowest BCUT2D eigenvalue weighted by Crippen LogP contribution is -2.49. The molecular weight excluding hydrogens is 322 g/mol. The molecule has 2 aromatic carbocycles. The van der Waals surface area contributed by atoms with E-state index in [-0.39, 0.29) is 11.9 Å². The zero-order valence-corrected chi connectivity index (χ0v) is 15.2. The SMILES string of the molecule is O=C(CN1CCN(Cc2ccccc2)CC1)NC1CCc2ccccc21. The molecule has 1 atom stereocenters. The summed E-state index contributed by atoms with van der Waals surface area (Å²) >= 11 is 0. The Morgan fingerprint density at radius 2 is 1.62 bits per heavy atom. The summed E-state index contributed by atoms with van der Waals surface area (Å²) in [5.41, 5.74) is 4.04. The zero-order valence-electron chi connectivity index (χ0n) is 15.2. The summed E-state index contributed by atoms with van der Waals surface area (Å²) in [5, 5.41) is 3.24. The van der Waals surface area contributed by atoms with Crippen LogP contribution < -0.4 is 5.32 Å². The molecular formula is C22H27N3O. The van der Waals surface area contributed by atoms with Gasteiger partial charge in [-0.05, 0) is 29.5 Å². The van der Waals surface area contributed by atoms with Gasteiger partial charge in [0, 0.05) is 32.7 Å². The number of carbonyl (C=O) groups excluding carboxylic acids is 1. The lowest BCUT2D eigenvalue weighted by atomic mass is 10.1. The average Bonchev–Trinajstić information content (AvgIpc) is 3.07. The third-order valence-electron chi connectivity index (χ3n) is 5.55. The largest absolute Gasteiger partial charge is 0.348 e. The molecule has 2 aliphatic rings. The Balaban J connectivity index is 1.23. The number of nitrogens with one attached hydrogen (secondary N) is 1. The van der Waals surface area contributed by atoms with Gasteiger partial charge in [-0.3, -0.25) is 14.6 Å². The number of hydrogen-bond acceptors (Lipinski definition) is 3. The molecule has 1 unspecified atom stereocenters. The molecule has 1 amide bonds. The molecule has 1 fully saturated rings. The first-order valence-electron chi connectivity index (χ1n) is 9.64. The van der Waals surface area contributed by atoms with E-state index in [1.165, 1.54) is 16.7 Å². The summed E-state index contributed by atoms with van der Waals surface area (Å²) in [6.07, 6.45) is 2.09. The van der Waals surface area contributed by atoms with E-state index in [0.29, 0.717) is 6.54 Å². The molecule has 0 bridgehead atoms. The average molecular weight is 349 g/mol. The van der Waals surface area contributed by atoms with Gasteiger partial charge in [-0.25, -0.2) is 0 Å². The first-order valence-corrected chi connectivity index (χ1v) is 9.64. The minimum Gasteiger partial charge on any atom is -0.348 e. The highest BCUT2D eigenvalue weighted by Gasteiger charge is 2.25. The molecule has 0 saturated carbocycles. The van der Waals surface area contributed by atoms with E-state index in [4.69, 9.17) is 0 Å². The van der Waals surface area contributed by atoms with Gasteiger partial charge in [-0.2, -0.15) is 0 Å².